The quantitative estimate of drug-likeness (QED) is 0.821. The molecule has 0 aliphatic carbocycles. The number of hydrogen-bond acceptors (Lipinski definition) is 3. The molecule has 2 N–H and O–H groups in total. The number of halogens is 1. The zero-order valence-electron chi connectivity index (χ0n) is 16.6. The first-order chi connectivity index (χ1) is 12.4. The van der Waals surface area contributed by atoms with Crippen molar-refractivity contribution in [2.24, 2.45) is 5.92 Å². The van der Waals surface area contributed by atoms with E-state index in [0.717, 1.165) is 63.0 Å². The number of nitrogens with zero attached hydrogens (tertiary/aromatic N) is 1. The van der Waals surface area contributed by atoms with Crippen molar-refractivity contribution in [1.29, 1.82) is 0 Å². The zero-order valence-corrected chi connectivity index (χ0v) is 17.5. The molecule has 0 saturated carbocycles. The number of hydrogen-bond donors (Lipinski definition) is 2. The minimum absolute atomic E-state index is 0. The number of aryl methyl sites for hydroxylation is 1. The van der Waals surface area contributed by atoms with Crippen LogP contribution in [0.4, 0.5) is 5.69 Å². The number of benzene rings is 1. The standard InChI is InChI=1S/C21H31N3O2.ClH/c1-15-8-12-24(13-9-15)19(25)17-6-7-18(16(2)14-17)23-20(26)21(3)10-4-5-11-22-21;/h6-7,14-15,22H,4-5,8-13H2,1-3H3,(H,23,26);1H. The molecule has 150 valence electrons. The van der Waals surface area contributed by atoms with Gasteiger partial charge >= 0.3 is 0 Å². The van der Waals surface area contributed by atoms with E-state index in [9.17, 15) is 9.59 Å². The SMILES string of the molecule is Cc1cc(C(=O)N2CCC(C)CC2)ccc1NC(=O)C1(C)CCCCN1.Cl. The Bertz CT molecular complexity index is 678. The first kappa shape index (κ1) is 21.7. The molecule has 27 heavy (non-hydrogen) atoms. The van der Waals surface area contributed by atoms with Crippen LogP contribution >= 0.6 is 12.4 Å². The average molecular weight is 394 g/mol. The summed E-state index contributed by atoms with van der Waals surface area (Å²) in [5.41, 5.74) is 1.90. The van der Waals surface area contributed by atoms with Crippen molar-refractivity contribution in [3.05, 3.63) is 29.3 Å². The first-order valence-electron chi connectivity index (χ1n) is 9.85. The van der Waals surface area contributed by atoms with Gasteiger partial charge in [-0.25, -0.2) is 0 Å². The molecule has 1 unspecified atom stereocenters. The van der Waals surface area contributed by atoms with Crippen LogP contribution in [0.5, 0.6) is 0 Å². The maximum atomic E-state index is 12.7. The van der Waals surface area contributed by atoms with Crippen LogP contribution in [0.25, 0.3) is 0 Å². The van der Waals surface area contributed by atoms with Gasteiger partial charge in [-0.1, -0.05) is 6.92 Å². The zero-order chi connectivity index (χ0) is 18.7. The second-order valence-electron chi connectivity index (χ2n) is 8.17. The molecule has 2 aliphatic rings. The van der Waals surface area contributed by atoms with E-state index in [1.54, 1.807) is 0 Å². The minimum Gasteiger partial charge on any atom is -0.339 e. The lowest BCUT2D eigenvalue weighted by Gasteiger charge is -2.33. The summed E-state index contributed by atoms with van der Waals surface area (Å²) in [5.74, 6) is 0.802. The fourth-order valence-corrected chi connectivity index (χ4v) is 3.84. The van der Waals surface area contributed by atoms with Gasteiger partial charge in [0.15, 0.2) is 0 Å². The Labute approximate surface area is 168 Å². The Balaban J connectivity index is 0.00000261. The van der Waals surface area contributed by atoms with E-state index in [-0.39, 0.29) is 24.2 Å². The number of nitrogens with one attached hydrogen (secondary N) is 2. The molecule has 0 radical (unpaired) electrons. The molecule has 2 aliphatic heterocycles. The summed E-state index contributed by atoms with van der Waals surface area (Å²) in [6.07, 6.45) is 5.18. The Kier molecular flexibility index (Phi) is 7.29. The number of carbonyl (C=O) groups is 2. The molecule has 2 saturated heterocycles. The predicted molar refractivity (Wildman–Crippen MR) is 112 cm³/mol. The molecule has 1 aromatic rings. The molecule has 1 atom stereocenters. The number of likely N-dealkylation sites (tertiary alicyclic amines) is 1. The molecule has 6 heteroatoms. The summed E-state index contributed by atoms with van der Waals surface area (Å²) < 4.78 is 0. The van der Waals surface area contributed by atoms with Gasteiger partial charge in [-0.15, -0.1) is 12.4 Å². The summed E-state index contributed by atoms with van der Waals surface area (Å²) in [4.78, 5) is 27.4. The fourth-order valence-electron chi connectivity index (χ4n) is 3.84. The Morgan fingerprint density at radius 1 is 1.22 bits per heavy atom. The van der Waals surface area contributed by atoms with E-state index in [4.69, 9.17) is 0 Å². The van der Waals surface area contributed by atoms with Gasteiger partial charge in [-0.3, -0.25) is 9.59 Å². The van der Waals surface area contributed by atoms with Crippen LogP contribution in [0.3, 0.4) is 0 Å². The third-order valence-corrected chi connectivity index (χ3v) is 5.91. The lowest BCUT2D eigenvalue weighted by atomic mass is 9.90. The molecule has 0 spiro atoms. The molecule has 2 amide bonds. The molecule has 0 aromatic heterocycles. The normalized spacial score (nSPS) is 23.4. The number of carbonyl (C=O) groups excluding carboxylic acids is 2. The van der Waals surface area contributed by atoms with Crippen LogP contribution in [0.15, 0.2) is 18.2 Å². The molecular formula is C21H32ClN3O2. The van der Waals surface area contributed by atoms with Crippen molar-refractivity contribution < 1.29 is 9.59 Å². The van der Waals surface area contributed by atoms with Crippen molar-refractivity contribution >= 4 is 29.9 Å². The van der Waals surface area contributed by atoms with Crippen molar-refractivity contribution in [3.63, 3.8) is 0 Å². The van der Waals surface area contributed by atoms with Crippen molar-refractivity contribution in [2.75, 3.05) is 25.0 Å². The van der Waals surface area contributed by atoms with Gasteiger partial charge in [0.05, 0.1) is 5.54 Å². The highest BCUT2D eigenvalue weighted by atomic mass is 35.5. The smallest absolute Gasteiger partial charge is 0.253 e. The van der Waals surface area contributed by atoms with Gasteiger partial charge in [-0.05, 0) is 82.2 Å². The third-order valence-electron chi connectivity index (χ3n) is 5.91. The molecule has 1 aromatic carbocycles. The van der Waals surface area contributed by atoms with Gasteiger partial charge in [0.1, 0.15) is 0 Å². The highest BCUT2D eigenvalue weighted by molar-refractivity contribution is 6.00. The molecular weight excluding hydrogens is 362 g/mol. The van der Waals surface area contributed by atoms with Crippen LogP contribution in [0.1, 0.15) is 61.9 Å². The van der Waals surface area contributed by atoms with Gasteiger partial charge in [0.25, 0.3) is 5.91 Å². The van der Waals surface area contributed by atoms with Crippen LogP contribution in [-0.2, 0) is 4.79 Å². The third kappa shape index (κ3) is 5.02. The van der Waals surface area contributed by atoms with Crippen LogP contribution in [-0.4, -0.2) is 41.9 Å². The summed E-state index contributed by atoms with van der Waals surface area (Å²) in [6.45, 7) is 8.70. The van der Waals surface area contributed by atoms with Crippen LogP contribution in [0, 0.1) is 12.8 Å². The van der Waals surface area contributed by atoms with E-state index in [0.29, 0.717) is 11.5 Å². The summed E-state index contributed by atoms with van der Waals surface area (Å²) >= 11 is 0. The summed E-state index contributed by atoms with van der Waals surface area (Å²) in [7, 11) is 0. The topological polar surface area (TPSA) is 61.4 Å². The summed E-state index contributed by atoms with van der Waals surface area (Å²) in [6, 6.07) is 5.59. The second-order valence-corrected chi connectivity index (χ2v) is 8.17. The predicted octanol–water partition coefficient (Wildman–Crippen LogP) is 3.76. The van der Waals surface area contributed by atoms with E-state index in [2.05, 4.69) is 17.6 Å². The maximum Gasteiger partial charge on any atom is 0.253 e. The van der Waals surface area contributed by atoms with E-state index in [1.165, 1.54) is 0 Å². The Morgan fingerprint density at radius 2 is 1.93 bits per heavy atom. The lowest BCUT2D eigenvalue weighted by molar-refractivity contribution is -0.122. The van der Waals surface area contributed by atoms with E-state index >= 15 is 0 Å². The lowest BCUT2D eigenvalue weighted by Crippen LogP contribution is -2.54. The summed E-state index contributed by atoms with van der Waals surface area (Å²) in [5, 5.41) is 6.38. The number of rotatable bonds is 3. The van der Waals surface area contributed by atoms with Gasteiger partial charge < -0.3 is 15.5 Å². The van der Waals surface area contributed by atoms with Crippen LogP contribution in [0.2, 0.25) is 0 Å². The molecule has 2 fully saturated rings. The molecule has 5 nitrogen and oxygen atoms in total. The van der Waals surface area contributed by atoms with Crippen LogP contribution < -0.4 is 10.6 Å². The van der Waals surface area contributed by atoms with Gasteiger partial charge in [0.2, 0.25) is 5.91 Å². The molecule has 2 heterocycles. The van der Waals surface area contributed by atoms with Gasteiger partial charge in [-0.2, -0.15) is 0 Å². The van der Waals surface area contributed by atoms with E-state index < -0.39 is 5.54 Å². The average Bonchev–Trinajstić information content (AvgIpc) is 2.64. The Hall–Kier alpha value is -1.59. The first-order valence-corrected chi connectivity index (χ1v) is 9.85. The number of anilines is 1. The van der Waals surface area contributed by atoms with Crippen molar-refractivity contribution in [1.82, 2.24) is 10.2 Å². The maximum absolute atomic E-state index is 12.7. The number of piperidine rings is 2. The minimum atomic E-state index is -0.510. The highest BCUT2D eigenvalue weighted by Crippen LogP contribution is 2.24. The van der Waals surface area contributed by atoms with Gasteiger partial charge in [0, 0.05) is 24.3 Å². The molecule has 0 bridgehead atoms. The van der Waals surface area contributed by atoms with Crippen molar-refractivity contribution in [3.8, 4) is 0 Å². The highest BCUT2D eigenvalue weighted by Gasteiger charge is 2.34. The Morgan fingerprint density at radius 3 is 2.52 bits per heavy atom. The number of amides is 2. The van der Waals surface area contributed by atoms with Crippen molar-refractivity contribution in [2.45, 2.75) is 58.4 Å². The fraction of sp³-hybridized carbons (Fsp3) is 0.619. The van der Waals surface area contributed by atoms with E-state index in [1.807, 2.05) is 36.9 Å². The molecule has 3 rings (SSSR count). The largest absolute Gasteiger partial charge is 0.339 e. The second kappa shape index (κ2) is 9.07. The monoisotopic (exact) mass is 393 g/mol.